The molecule has 1 aromatic carbocycles. The van der Waals surface area contributed by atoms with E-state index in [0.717, 1.165) is 13.1 Å². The van der Waals surface area contributed by atoms with Crippen LogP contribution < -0.4 is 5.32 Å². The fourth-order valence-corrected chi connectivity index (χ4v) is 4.87. The summed E-state index contributed by atoms with van der Waals surface area (Å²) in [5, 5.41) is 3.09. The number of carbonyl (C=O) groups is 2. The maximum absolute atomic E-state index is 13.0. The van der Waals surface area contributed by atoms with Gasteiger partial charge < -0.3 is 9.73 Å². The van der Waals surface area contributed by atoms with E-state index in [4.69, 9.17) is 4.42 Å². The predicted octanol–water partition coefficient (Wildman–Crippen LogP) is 4.62. The van der Waals surface area contributed by atoms with Crippen LogP contribution in [-0.2, 0) is 6.42 Å². The second-order valence-electron chi connectivity index (χ2n) is 9.67. The van der Waals surface area contributed by atoms with Crippen LogP contribution in [0.25, 0.3) is 0 Å². The first-order chi connectivity index (χ1) is 14.2. The molecule has 2 aliphatic rings. The Morgan fingerprint density at radius 3 is 2.47 bits per heavy atom. The van der Waals surface area contributed by atoms with Crippen molar-refractivity contribution in [1.29, 1.82) is 0 Å². The number of rotatable bonds is 5. The molecule has 30 heavy (non-hydrogen) atoms. The summed E-state index contributed by atoms with van der Waals surface area (Å²) >= 11 is 0. The number of Topliss-reactive ketones (excluding diaryl/α,β-unsaturated/α-hetero) is 1. The summed E-state index contributed by atoms with van der Waals surface area (Å²) in [5.41, 5.74) is 3.61. The third-order valence-electron chi connectivity index (χ3n) is 6.48. The molecule has 1 unspecified atom stereocenters. The average Bonchev–Trinajstić information content (AvgIpc) is 3.30. The lowest BCUT2D eigenvalue weighted by Gasteiger charge is -2.28. The highest BCUT2D eigenvalue weighted by molar-refractivity contribution is 6.03. The van der Waals surface area contributed by atoms with Gasteiger partial charge in [-0.1, -0.05) is 43.7 Å². The maximum atomic E-state index is 13.0. The Bertz CT molecular complexity index is 950. The van der Waals surface area contributed by atoms with Crippen LogP contribution in [0.15, 0.2) is 28.7 Å². The van der Waals surface area contributed by atoms with Gasteiger partial charge in [0.1, 0.15) is 5.76 Å². The number of benzene rings is 1. The minimum atomic E-state index is -0.233. The van der Waals surface area contributed by atoms with Crippen molar-refractivity contribution in [1.82, 2.24) is 10.2 Å². The zero-order valence-corrected chi connectivity index (χ0v) is 18.5. The van der Waals surface area contributed by atoms with Crippen LogP contribution in [0.3, 0.4) is 0 Å². The van der Waals surface area contributed by atoms with Gasteiger partial charge in [0.25, 0.3) is 5.91 Å². The first-order valence-electron chi connectivity index (χ1n) is 11.0. The lowest BCUT2D eigenvalue weighted by atomic mass is 9.76. The van der Waals surface area contributed by atoms with Crippen molar-refractivity contribution in [2.24, 2.45) is 5.41 Å². The van der Waals surface area contributed by atoms with E-state index in [1.807, 2.05) is 6.92 Å². The van der Waals surface area contributed by atoms with E-state index in [9.17, 15) is 9.59 Å². The fraction of sp³-hybridized carbons (Fsp3) is 0.520. The number of amides is 1. The zero-order valence-electron chi connectivity index (χ0n) is 18.5. The van der Waals surface area contributed by atoms with E-state index in [-0.39, 0.29) is 28.9 Å². The Morgan fingerprint density at radius 1 is 1.13 bits per heavy atom. The van der Waals surface area contributed by atoms with Gasteiger partial charge in [-0.2, -0.15) is 0 Å². The third-order valence-corrected chi connectivity index (χ3v) is 6.48. The number of furan rings is 1. The summed E-state index contributed by atoms with van der Waals surface area (Å²) in [4.78, 5) is 28.1. The van der Waals surface area contributed by atoms with Gasteiger partial charge in [0.05, 0.1) is 11.6 Å². The van der Waals surface area contributed by atoms with Gasteiger partial charge in [-0.3, -0.25) is 14.5 Å². The standard InChI is InChI=1S/C25H32N2O3/c1-16-7-9-18(10-8-16)19(27-11-5-6-12-27)15-26-24(29)23-17(2)22-20(28)13-25(3,4)14-21(22)30-23/h7-10,19H,5-6,11-15H2,1-4H3,(H,26,29). The molecule has 2 heterocycles. The zero-order chi connectivity index (χ0) is 21.5. The van der Waals surface area contributed by atoms with Crippen molar-refractivity contribution in [3.63, 3.8) is 0 Å². The quantitative estimate of drug-likeness (QED) is 0.784. The van der Waals surface area contributed by atoms with Gasteiger partial charge in [0.15, 0.2) is 11.5 Å². The number of likely N-dealkylation sites (tertiary alicyclic amines) is 1. The molecule has 1 N–H and O–H groups in total. The second kappa shape index (κ2) is 8.03. The topological polar surface area (TPSA) is 62.6 Å². The molecule has 2 aromatic rings. The number of fused-ring (bicyclic) bond motifs is 1. The smallest absolute Gasteiger partial charge is 0.287 e. The van der Waals surface area contributed by atoms with E-state index in [0.29, 0.717) is 36.3 Å². The van der Waals surface area contributed by atoms with Crippen LogP contribution in [0.4, 0.5) is 0 Å². The molecule has 5 nitrogen and oxygen atoms in total. The molecular weight excluding hydrogens is 376 g/mol. The summed E-state index contributed by atoms with van der Waals surface area (Å²) < 4.78 is 5.94. The van der Waals surface area contributed by atoms with Crippen molar-refractivity contribution in [2.75, 3.05) is 19.6 Å². The lowest BCUT2D eigenvalue weighted by Crippen LogP contribution is -2.36. The Kier molecular flexibility index (Phi) is 5.58. The molecule has 1 fully saturated rings. The molecule has 0 saturated carbocycles. The predicted molar refractivity (Wildman–Crippen MR) is 117 cm³/mol. The van der Waals surface area contributed by atoms with Crippen molar-refractivity contribution in [2.45, 2.75) is 59.4 Å². The number of nitrogens with zero attached hydrogens (tertiary/aromatic N) is 1. The molecule has 1 saturated heterocycles. The molecule has 1 amide bonds. The normalized spacial score (nSPS) is 19.5. The minimum absolute atomic E-state index is 0.0798. The van der Waals surface area contributed by atoms with E-state index >= 15 is 0 Å². The summed E-state index contributed by atoms with van der Waals surface area (Å²) in [7, 11) is 0. The number of carbonyl (C=O) groups excluding carboxylic acids is 2. The van der Waals surface area contributed by atoms with Gasteiger partial charge in [-0.05, 0) is 50.8 Å². The number of hydrogen-bond acceptors (Lipinski definition) is 4. The highest BCUT2D eigenvalue weighted by Crippen LogP contribution is 2.38. The summed E-state index contributed by atoms with van der Waals surface area (Å²) in [6.07, 6.45) is 3.56. The fourth-order valence-electron chi connectivity index (χ4n) is 4.87. The van der Waals surface area contributed by atoms with Crippen LogP contribution >= 0.6 is 0 Å². The number of aryl methyl sites for hydroxylation is 1. The Hall–Kier alpha value is -2.40. The van der Waals surface area contributed by atoms with Crippen molar-refractivity contribution < 1.29 is 14.0 Å². The van der Waals surface area contributed by atoms with Crippen LogP contribution in [0.1, 0.15) is 82.5 Å². The van der Waals surface area contributed by atoms with E-state index in [1.165, 1.54) is 24.0 Å². The van der Waals surface area contributed by atoms with Crippen LogP contribution in [0, 0.1) is 19.3 Å². The molecule has 4 rings (SSSR count). The van der Waals surface area contributed by atoms with Gasteiger partial charge in [0.2, 0.25) is 0 Å². The first kappa shape index (κ1) is 20.9. The average molecular weight is 409 g/mol. The molecular formula is C25H32N2O3. The van der Waals surface area contributed by atoms with Crippen LogP contribution in [0.5, 0.6) is 0 Å². The Morgan fingerprint density at radius 2 is 1.80 bits per heavy atom. The second-order valence-corrected chi connectivity index (χ2v) is 9.67. The monoisotopic (exact) mass is 408 g/mol. The van der Waals surface area contributed by atoms with Crippen molar-refractivity contribution in [3.8, 4) is 0 Å². The number of ketones is 1. The molecule has 5 heteroatoms. The van der Waals surface area contributed by atoms with Crippen LogP contribution in [-0.4, -0.2) is 36.2 Å². The molecule has 1 aromatic heterocycles. The summed E-state index contributed by atoms with van der Waals surface area (Å²) in [6.45, 7) is 10.7. The largest absolute Gasteiger partial charge is 0.455 e. The molecule has 1 aliphatic heterocycles. The molecule has 0 bridgehead atoms. The van der Waals surface area contributed by atoms with Crippen LogP contribution in [0.2, 0.25) is 0 Å². The maximum Gasteiger partial charge on any atom is 0.287 e. The van der Waals surface area contributed by atoms with Gasteiger partial charge in [0, 0.05) is 24.9 Å². The van der Waals surface area contributed by atoms with Crippen molar-refractivity contribution >= 4 is 11.7 Å². The Labute approximate surface area is 178 Å². The van der Waals surface area contributed by atoms with Crippen molar-refractivity contribution in [3.05, 3.63) is 58.0 Å². The summed E-state index contributed by atoms with van der Waals surface area (Å²) in [5.74, 6) is 0.795. The number of nitrogens with one attached hydrogen (secondary N) is 1. The molecule has 160 valence electrons. The molecule has 1 aliphatic carbocycles. The van der Waals surface area contributed by atoms with Gasteiger partial charge >= 0.3 is 0 Å². The van der Waals surface area contributed by atoms with Gasteiger partial charge in [-0.15, -0.1) is 0 Å². The first-order valence-corrected chi connectivity index (χ1v) is 11.0. The van der Waals surface area contributed by atoms with E-state index in [2.05, 4.69) is 55.3 Å². The summed E-state index contributed by atoms with van der Waals surface area (Å²) in [6, 6.07) is 8.70. The highest BCUT2D eigenvalue weighted by atomic mass is 16.4. The third kappa shape index (κ3) is 4.08. The Balaban J connectivity index is 1.53. The van der Waals surface area contributed by atoms with E-state index in [1.54, 1.807) is 0 Å². The number of hydrogen-bond donors (Lipinski definition) is 1. The SMILES string of the molecule is Cc1ccc(C(CNC(=O)c2oc3c(c2C)C(=O)CC(C)(C)C3)N2CCCC2)cc1. The van der Waals surface area contributed by atoms with E-state index < -0.39 is 0 Å². The lowest BCUT2D eigenvalue weighted by molar-refractivity contribution is 0.0883. The molecule has 0 spiro atoms. The highest BCUT2D eigenvalue weighted by Gasteiger charge is 2.37. The minimum Gasteiger partial charge on any atom is -0.455 e. The molecule has 0 radical (unpaired) electrons. The van der Waals surface area contributed by atoms with Gasteiger partial charge in [-0.25, -0.2) is 0 Å². The molecule has 1 atom stereocenters.